The van der Waals surface area contributed by atoms with Gasteiger partial charge in [-0.2, -0.15) is 0 Å². The number of nitrogens with zero attached hydrogens (tertiary/aromatic N) is 2. The second-order valence-corrected chi connectivity index (χ2v) is 5.43. The van der Waals surface area contributed by atoms with Crippen LogP contribution in [0.15, 0.2) is 30.5 Å². The summed E-state index contributed by atoms with van der Waals surface area (Å²) in [4.78, 5) is 0. The molecule has 1 heterocycles. The first-order valence-corrected chi connectivity index (χ1v) is 6.72. The summed E-state index contributed by atoms with van der Waals surface area (Å²) in [5.41, 5.74) is 1.87. The van der Waals surface area contributed by atoms with E-state index >= 15 is 0 Å². The highest BCUT2D eigenvalue weighted by Gasteiger charge is 2.07. The Morgan fingerprint density at radius 2 is 2.12 bits per heavy atom. The molecule has 5 nitrogen and oxygen atoms in total. The predicted octanol–water partition coefficient (Wildman–Crippen LogP) is 0.376. The highest BCUT2D eigenvalue weighted by Crippen LogP contribution is 2.10. The number of aromatic nitrogens is 2. The van der Waals surface area contributed by atoms with Gasteiger partial charge in [0, 0.05) is 16.6 Å². The lowest BCUT2D eigenvalue weighted by atomic mass is 10.2. The van der Waals surface area contributed by atoms with Gasteiger partial charge in [0.2, 0.25) is 0 Å². The molecule has 6 heteroatoms. The van der Waals surface area contributed by atoms with Gasteiger partial charge in [-0.1, -0.05) is 16.8 Å². The van der Waals surface area contributed by atoms with Gasteiger partial charge in [-0.25, -0.2) is 8.42 Å². The number of hydrogen-bond donors (Lipinski definition) is 0. The maximum atomic E-state index is 10.5. The molecule has 0 atom stereocenters. The van der Waals surface area contributed by atoms with Crippen molar-refractivity contribution >= 4 is 21.0 Å². The molecule has 0 N–H and O–H groups in total. The minimum Gasteiger partial charge on any atom is -0.748 e. The topological polar surface area (TPSA) is 74.0 Å². The second-order valence-electron chi connectivity index (χ2n) is 3.90. The van der Waals surface area contributed by atoms with Gasteiger partial charge in [-0.15, -0.1) is 0 Å². The van der Waals surface area contributed by atoms with Crippen LogP contribution in [0.5, 0.6) is 0 Å². The first-order valence-electron chi connectivity index (χ1n) is 5.15. The van der Waals surface area contributed by atoms with E-state index in [1.807, 2.05) is 31.2 Å². The van der Waals surface area contributed by atoms with E-state index in [-0.39, 0.29) is 6.54 Å². The molecule has 0 unspecified atom stereocenters. The first-order chi connectivity index (χ1) is 7.94. The number of rotatable bonds is 3. The Hall–Kier alpha value is -1.53. The molecule has 1 aromatic heterocycles. The van der Waals surface area contributed by atoms with Crippen molar-refractivity contribution < 1.29 is 17.7 Å². The maximum Gasteiger partial charge on any atom is 0.196 e. The molecule has 0 radical (unpaired) electrons. The Morgan fingerprint density at radius 1 is 1.35 bits per heavy atom. The molecule has 2 aromatic rings. The van der Waals surface area contributed by atoms with Crippen molar-refractivity contribution in [2.24, 2.45) is 0 Å². The Bertz CT molecular complexity index is 653. The lowest BCUT2D eigenvalue weighted by molar-refractivity contribution is -0.747. The summed E-state index contributed by atoms with van der Waals surface area (Å²) in [6.07, 6.45) is 1.67. The van der Waals surface area contributed by atoms with Gasteiger partial charge in [0.1, 0.15) is 15.6 Å². The molecule has 2 rings (SSSR count). The fraction of sp³-hybridized carbons (Fsp3) is 0.273. The fourth-order valence-electron chi connectivity index (χ4n) is 1.55. The summed E-state index contributed by atoms with van der Waals surface area (Å²) in [7, 11) is -4.19. The van der Waals surface area contributed by atoms with E-state index in [9.17, 15) is 13.0 Å². The van der Waals surface area contributed by atoms with Crippen molar-refractivity contribution in [3.05, 3.63) is 36.0 Å². The Labute approximate surface area is 99.5 Å². The Balaban J connectivity index is 2.31. The molecule has 90 valence electrons. The molecule has 1 aromatic carbocycles. The third-order valence-electron chi connectivity index (χ3n) is 2.42. The lowest BCUT2D eigenvalue weighted by Crippen LogP contribution is -2.40. The molecule has 0 aliphatic heterocycles. The third-order valence-corrected chi connectivity index (χ3v) is 3.10. The number of hydrogen-bond acceptors (Lipinski definition) is 4. The van der Waals surface area contributed by atoms with Gasteiger partial charge in [0.05, 0.1) is 5.75 Å². The number of fused-ring (bicyclic) bond motifs is 1. The zero-order valence-electron chi connectivity index (χ0n) is 9.33. The van der Waals surface area contributed by atoms with Gasteiger partial charge in [0.15, 0.2) is 12.7 Å². The average Bonchev–Trinajstić information content (AvgIpc) is 2.24. The first kappa shape index (κ1) is 11.9. The second kappa shape index (κ2) is 4.38. The van der Waals surface area contributed by atoms with Gasteiger partial charge < -0.3 is 4.55 Å². The minimum absolute atomic E-state index is 0.0791. The Morgan fingerprint density at radius 3 is 2.82 bits per heavy atom. The molecule has 17 heavy (non-hydrogen) atoms. The third kappa shape index (κ3) is 3.21. The average molecular weight is 252 g/mol. The summed E-state index contributed by atoms with van der Waals surface area (Å²) in [6.45, 7) is 2.04. The SMILES string of the molecule is Cc1ccc2cc[n+](CCS(=O)(=O)[O-])nc2c1. The van der Waals surface area contributed by atoms with Crippen LogP contribution in [0, 0.1) is 6.92 Å². The quantitative estimate of drug-likeness (QED) is 0.584. The molecule has 0 saturated heterocycles. The van der Waals surface area contributed by atoms with Crippen LogP contribution in [0.4, 0.5) is 0 Å². The summed E-state index contributed by atoms with van der Waals surface area (Å²) in [6, 6.07) is 7.69. The van der Waals surface area contributed by atoms with Crippen molar-refractivity contribution in [1.82, 2.24) is 5.10 Å². The van der Waals surface area contributed by atoms with Crippen molar-refractivity contribution in [2.75, 3.05) is 5.75 Å². The van der Waals surface area contributed by atoms with E-state index in [0.717, 1.165) is 16.5 Å². The lowest BCUT2D eigenvalue weighted by Gasteiger charge is -2.02. The van der Waals surface area contributed by atoms with E-state index < -0.39 is 15.9 Å². The van der Waals surface area contributed by atoms with Gasteiger partial charge in [-0.05, 0) is 18.6 Å². The van der Waals surface area contributed by atoms with E-state index in [2.05, 4.69) is 5.10 Å². The largest absolute Gasteiger partial charge is 0.748 e. The smallest absolute Gasteiger partial charge is 0.196 e. The minimum atomic E-state index is -4.19. The van der Waals surface area contributed by atoms with E-state index in [1.165, 1.54) is 4.68 Å². The van der Waals surface area contributed by atoms with Crippen molar-refractivity contribution in [3.8, 4) is 0 Å². The van der Waals surface area contributed by atoms with Crippen LogP contribution in [0.2, 0.25) is 0 Å². The molecule has 0 bridgehead atoms. The maximum absolute atomic E-state index is 10.5. The molecule has 0 spiro atoms. The summed E-state index contributed by atoms with van der Waals surface area (Å²) in [5.74, 6) is -0.442. The molecule has 0 saturated carbocycles. The molecule has 0 amide bonds. The van der Waals surface area contributed by atoms with Crippen molar-refractivity contribution in [1.29, 1.82) is 0 Å². The van der Waals surface area contributed by atoms with Crippen molar-refractivity contribution in [3.63, 3.8) is 0 Å². The van der Waals surface area contributed by atoms with Crippen LogP contribution >= 0.6 is 0 Å². The van der Waals surface area contributed by atoms with E-state index in [1.54, 1.807) is 6.20 Å². The van der Waals surface area contributed by atoms with E-state index in [0.29, 0.717) is 0 Å². The molecule has 0 aliphatic carbocycles. The molecule has 0 aliphatic rings. The monoisotopic (exact) mass is 252 g/mol. The van der Waals surface area contributed by atoms with Gasteiger partial charge in [0.25, 0.3) is 0 Å². The standard InChI is InChI=1S/C11H12N2O3S/c1-9-2-3-10-4-5-13(12-11(10)8-9)6-7-17(14,15)16/h2-5,8H,6-7H2,1H3. The summed E-state index contributed by atoms with van der Waals surface area (Å²) >= 11 is 0. The fourth-order valence-corrected chi connectivity index (χ4v) is 1.96. The van der Waals surface area contributed by atoms with Crippen LogP contribution in [0.25, 0.3) is 10.9 Å². The zero-order chi connectivity index (χ0) is 12.5. The van der Waals surface area contributed by atoms with Crippen LogP contribution in [-0.2, 0) is 16.7 Å². The van der Waals surface area contributed by atoms with Crippen LogP contribution in [-0.4, -0.2) is 23.8 Å². The number of benzene rings is 1. The number of aryl methyl sites for hydroxylation is 2. The van der Waals surface area contributed by atoms with Crippen molar-refractivity contribution in [2.45, 2.75) is 13.5 Å². The normalized spacial score (nSPS) is 11.9. The zero-order valence-corrected chi connectivity index (χ0v) is 10.1. The summed E-state index contributed by atoms with van der Waals surface area (Å²) in [5, 5.41) is 5.24. The molecule has 0 fully saturated rings. The predicted molar refractivity (Wildman–Crippen MR) is 61.2 cm³/mol. The summed E-state index contributed by atoms with van der Waals surface area (Å²) < 4.78 is 33.0. The van der Waals surface area contributed by atoms with Gasteiger partial charge >= 0.3 is 0 Å². The molecular weight excluding hydrogens is 240 g/mol. The highest BCUT2D eigenvalue weighted by molar-refractivity contribution is 7.85. The van der Waals surface area contributed by atoms with E-state index in [4.69, 9.17) is 0 Å². The van der Waals surface area contributed by atoms with Gasteiger partial charge in [-0.3, -0.25) is 0 Å². The Kier molecular flexibility index (Phi) is 3.08. The van der Waals surface area contributed by atoms with Crippen LogP contribution in [0.3, 0.4) is 0 Å². The van der Waals surface area contributed by atoms with Crippen LogP contribution in [0.1, 0.15) is 5.56 Å². The highest BCUT2D eigenvalue weighted by atomic mass is 32.2. The van der Waals surface area contributed by atoms with Crippen LogP contribution < -0.4 is 4.68 Å². The molecular formula is C11H12N2O3S.